The van der Waals surface area contributed by atoms with Crippen molar-refractivity contribution in [1.29, 1.82) is 0 Å². The van der Waals surface area contributed by atoms with Gasteiger partial charge < -0.3 is 10.9 Å². The Morgan fingerprint density at radius 2 is 2.11 bits per heavy atom. The van der Waals surface area contributed by atoms with E-state index in [0.717, 1.165) is 16.4 Å². The SMILES string of the molecule is CN(CC/C(N)=N/O)S(=O)(=O)c1cc(F)ccc1F. The molecule has 1 aromatic rings. The first-order valence-electron chi connectivity index (χ1n) is 5.17. The van der Waals surface area contributed by atoms with Gasteiger partial charge in [0, 0.05) is 20.0 Å². The van der Waals surface area contributed by atoms with Crippen LogP contribution in [0.2, 0.25) is 0 Å². The first-order chi connectivity index (χ1) is 8.78. The topological polar surface area (TPSA) is 96.0 Å². The molecule has 3 N–H and O–H groups in total. The van der Waals surface area contributed by atoms with Gasteiger partial charge in [0.1, 0.15) is 22.4 Å². The van der Waals surface area contributed by atoms with Gasteiger partial charge in [-0.25, -0.2) is 21.5 Å². The van der Waals surface area contributed by atoms with E-state index in [0.29, 0.717) is 6.07 Å². The summed E-state index contributed by atoms with van der Waals surface area (Å²) in [5.41, 5.74) is 5.20. The highest BCUT2D eigenvalue weighted by Gasteiger charge is 2.25. The highest BCUT2D eigenvalue weighted by molar-refractivity contribution is 7.89. The van der Waals surface area contributed by atoms with Crippen LogP contribution < -0.4 is 5.73 Å². The number of benzene rings is 1. The van der Waals surface area contributed by atoms with Crippen LogP contribution in [0.4, 0.5) is 8.78 Å². The Hall–Kier alpha value is -1.74. The van der Waals surface area contributed by atoms with Crippen LogP contribution in [0.25, 0.3) is 0 Å². The summed E-state index contributed by atoms with van der Waals surface area (Å²) in [6.45, 7) is -0.131. The van der Waals surface area contributed by atoms with Gasteiger partial charge in [0.25, 0.3) is 0 Å². The molecular formula is C10H13F2N3O3S. The van der Waals surface area contributed by atoms with Crippen LogP contribution in [-0.2, 0) is 10.0 Å². The van der Waals surface area contributed by atoms with Crippen LogP contribution in [0.3, 0.4) is 0 Å². The van der Waals surface area contributed by atoms with Crippen molar-refractivity contribution >= 4 is 15.9 Å². The van der Waals surface area contributed by atoms with Crippen LogP contribution in [-0.4, -0.2) is 37.4 Å². The van der Waals surface area contributed by atoms with E-state index in [2.05, 4.69) is 5.16 Å². The lowest BCUT2D eigenvalue weighted by Crippen LogP contribution is -2.31. The smallest absolute Gasteiger partial charge is 0.245 e. The van der Waals surface area contributed by atoms with E-state index in [1.807, 2.05) is 0 Å². The molecule has 6 nitrogen and oxygen atoms in total. The van der Waals surface area contributed by atoms with Crippen molar-refractivity contribution < 1.29 is 22.4 Å². The van der Waals surface area contributed by atoms with Crippen LogP contribution >= 0.6 is 0 Å². The number of amidine groups is 1. The quantitative estimate of drug-likeness (QED) is 0.362. The molecule has 0 aliphatic rings. The summed E-state index contributed by atoms with van der Waals surface area (Å²) in [4.78, 5) is -0.755. The predicted molar refractivity (Wildman–Crippen MR) is 64.2 cm³/mol. The normalized spacial score (nSPS) is 12.9. The Bertz CT molecular complexity index is 590. The molecule has 9 heteroatoms. The number of nitrogens with two attached hydrogens (primary N) is 1. The van der Waals surface area contributed by atoms with Crippen molar-refractivity contribution in [2.24, 2.45) is 10.9 Å². The fourth-order valence-electron chi connectivity index (χ4n) is 1.28. The average Bonchev–Trinajstić information content (AvgIpc) is 2.37. The maximum absolute atomic E-state index is 13.4. The lowest BCUT2D eigenvalue weighted by Gasteiger charge is -2.17. The van der Waals surface area contributed by atoms with E-state index >= 15 is 0 Å². The van der Waals surface area contributed by atoms with Gasteiger partial charge in [-0.3, -0.25) is 0 Å². The monoisotopic (exact) mass is 293 g/mol. The molecule has 0 aliphatic heterocycles. The molecular weight excluding hydrogens is 280 g/mol. The molecule has 0 saturated carbocycles. The van der Waals surface area contributed by atoms with Crippen LogP contribution in [0.5, 0.6) is 0 Å². The van der Waals surface area contributed by atoms with E-state index in [4.69, 9.17) is 10.9 Å². The van der Waals surface area contributed by atoms with E-state index < -0.39 is 26.6 Å². The van der Waals surface area contributed by atoms with Gasteiger partial charge in [-0.15, -0.1) is 0 Å². The number of halogens is 2. The Balaban J connectivity index is 3.00. The Kier molecular flexibility index (Phi) is 4.78. The highest BCUT2D eigenvalue weighted by Crippen LogP contribution is 2.19. The zero-order valence-electron chi connectivity index (χ0n) is 10.0. The molecule has 0 spiro atoms. The standard InChI is InChI=1S/C10H13F2N3O3S/c1-15(5-4-10(13)14-16)19(17,18)9-6-7(11)2-3-8(9)12/h2-3,6,16H,4-5H2,1H3,(H2,13,14). The van der Waals surface area contributed by atoms with Crippen molar-refractivity contribution in [2.75, 3.05) is 13.6 Å². The first-order valence-corrected chi connectivity index (χ1v) is 6.61. The van der Waals surface area contributed by atoms with Gasteiger partial charge in [0.15, 0.2) is 0 Å². The van der Waals surface area contributed by atoms with Crippen molar-refractivity contribution in [3.05, 3.63) is 29.8 Å². The molecule has 0 radical (unpaired) electrons. The summed E-state index contributed by atoms with van der Waals surface area (Å²) in [6, 6.07) is 2.16. The third-order valence-corrected chi connectivity index (χ3v) is 4.26. The van der Waals surface area contributed by atoms with Crippen molar-refractivity contribution in [1.82, 2.24) is 4.31 Å². The second-order valence-corrected chi connectivity index (χ2v) is 5.76. The lowest BCUT2D eigenvalue weighted by molar-refractivity contribution is 0.316. The van der Waals surface area contributed by atoms with Crippen LogP contribution in [0, 0.1) is 11.6 Å². The molecule has 0 unspecified atom stereocenters. The minimum absolute atomic E-state index is 0.0385. The van der Waals surface area contributed by atoms with E-state index in [9.17, 15) is 17.2 Å². The first kappa shape index (κ1) is 15.3. The summed E-state index contributed by atoms with van der Waals surface area (Å²) in [7, 11) is -2.99. The molecule has 0 heterocycles. The third-order valence-electron chi connectivity index (χ3n) is 2.39. The van der Waals surface area contributed by atoms with Gasteiger partial charge >= 0.3 is 0 Å². The molecule has 0 saturated heterocycles. The number of nitrogens with zero attached hydrogens (tertiary/aromatic N) is 2. The van der Waals surface area contributed by atoms with E-state index in [-0.39, 0.29) is 18.8 Å². The number of hydrogen-bond donors (Lipinski definition) is 2. The fourth-order valence-corrected chi connectivity index (χ4v) is 2.53. The summed E-state index contributed by atoms with van der Waals surface area (Å²) in [6.07, 6.45) is -0.0385. The third kappa shape index (κ3) is 3.61. The van der Waals surface area contributed by atoms with E-state index in [1.165, 1.54) is 7.05 Å². The molecule has 19 heavy (non-hydrogen) atoms. The zero-order chi connectivity index (χ0) is 14.6. The average molecular weight is 293 g/mol. The van der Waals surface area contributed by atoms with Gasteiger partial charge in [-0.1, -0.05) is 5.16 Å². The van der Waals surface area contributed by atoms with Crippen LogP contribution in [0.15, 0.2) is 28.3 Å². The number of rotatable bonds is 5. The second-order valence-electron chi connectivity index (χ2n) is 3.74. The number of oxime groups is 1. The summed E-state index contributed by atoms with van der Waals surface area (Å²) >= 11 is 0. The Morgan fingerprint density at radius 3 is 2.68 bits per heavy atom. The maximum Gasteiger partial charge on any atom is 0.245 e. The Morgan fingerprint density at radius 1 is 1.47 bits per heavy atom. The highest BCUT2D eigenvalue weighted by atomic mass is 32.2. The predicted octanol–water partition coefficient (Wildman–Crippen LogP) is 0.722. The molecule has 0 bridgehead atoms. The van der Waals surface area contributed by atoms with Gasteiger partial charge in [0.2, 0.25) is 10.0 Å². The van der Waals surface area contributed by atoms with Gasteiger partial charge in [-0.2, -0.15) is 0 Å². The maximum atomic E-state index is 13.4. The molecule has 0 atom stereocenters. The Labute approximate surface area is 109 Å². The van der Waals surface area contributed by atoms with Crippen molar-refractivity contribution in [3.8, 4) is 0 Å². The summed E-state index contributed by atoms with van der Waals surface area (Å²) in [5, 5.41) is 11.0. The van der Waals surface area contributed by atoms with Crippen molar-refractivity contribution in [2.45, 2.75) is 11.3 Å². The minimum Gasteiger partial charge on any atom is -0.409 e. The molecule has 1 aromatic carbocycles. The second kappa shape index (κ2) is 5.93. The lowest BCUT2D eigenvalue weighted by atomic mass is 10.3. The molecule has 0 fully saturated rings. The summed E-state index contributed by atoms with van der Waals surface area (Å²) < 4.78 is 51.2. The van der Waals surface area contributed by atoms with Crippen LogP contribution in [0.1, 0.15) is 6.42 Å². The number of hydrogen-bond acceptors (Lipinski definition) is 4. The molecule has 106 valence electrons. The fraction of sp³-hybridized carbons (Fsp3) is 0.300. The van der Waals surface area contributed by atoms with Gasteiger partial charge in [-0.05, 0) is 18.2 Å². The molecule has 0 aromatic heterocycles. The molecule has 1 rings (SSSR count). The zero-order valence-corrected chi connectivity index (χ0v) is 10.9. The molecule has 0 amide bonds. The van der Waals surface area contributed by atoms with Crippen molar-refractivity contribution in [3.63, 3.8) is 0 Å². The largest absolute Gasteiger partial charge is 0.409 e. The molecule has 0 aliphatic carbocycles. The minimum atomic E-state index is -4.17. The van der Waals surface area contributed by atoms with Gasteiger partial charge in [0.05, 0.1) is 0 Å². The number of sulfonamides is 1. The summed E-state index contributed by atoms with van der Waals surface area (Å²) in [5.74, 6) is -2.07. The van der Waals surface area contributed by atoms with E-state index in [1.54, 1.807) is 0 Å².